The molecule has 0 radical (unpaired) electrons. The van der Waals surface area contributed by atoms with Crippen LogP contribution in [0.1, 0.15) is 57.7 Å². The number of benzene rings is 1. The van der Waals surface area contributed by atoms with Crippen LogP contribution in [0.3, 0.4) is 0 Å². The average Bonchev–Trinajstić information content (AvgIpc) is 3.32. The molecule has 0 amide bonds. The summed E-state index contributed by atoms with van der Waals surface area (Å²) in [5.74, 6) is 7.17. The van der Waals surface area contributed by atoms with E-state index in [1.807, 2.05) is 32.9 Å². The maximum atomic E-state index is 12.4. The summed E-state index contributed by atoms with van der Waals surface area (Å²) in [7, 11) is 0. The Morgan fingerprint density at radius 3 is 2.63 bits per heavy atom. The number of hydrogen-bond acceptors (Lipinski definition) is 9. The van der Waals surface area contributed by atoms with E-state index in [0.717, 1.165) is 36.6 Å². The third-order valence-corrected chi connectivity index (χ3v) is 6.04. The van der Waals surface area contributed by atoms with Crippen molar-refractivity contribution in [2.45, 2.75) is 64.2 Å². The second-order valence-electron chi connectivity index (χ2n) is 10.2. The first-order valence-electron chi connectivity index (χ1n) is 12.6. The molecule has 1 aliphatic rings. The van der Waals surface area contributed by atoms with Gasteiger partial charge in [0.1, 0.15) is 17.0 Å². The largest absolute Gasteiger partial charge is 0.442 e. The Kier molecular flexibility index (Phi) is 7.03. The number of aliphatic hydroxyl groups excluding tert-OH is 1. The van der Waals surface area contributed by atoms with Crippen LogP contribution < -0.4 is 5.32 Å². The van der Waals surface area contributed by atoms with Gasteiger partial charge < -0.3 is 15.2 Å². The molecule has 0 unspecified atom stereocenters. The molecule has 5 rings (SSSR count). The first-order chi connectivity index (χ1) is 18.2. The molecular weight excluding hydrogens is 482 g/mol. The van der Waals surface area contributed by atoms with E-state index in [9.17, 15) is 9.90 Å². The standard InChI is InChI=1S/C28H29N7O3/c1-28(2,3)38-27(37)35-24-11-5-18(16-19(24)17-31-35)4-6-21-12-14-29-25(32-21)23-13-15-30-26(34-23)33-20-7-9-22(36)10-8-20/h5,11-17,20,22,36H,7-10H2,1-3H3,(H,30,33,34)/t20-,22+. The molecule has 1 aromatic carbocycles. The lowest BCUT2D eigenvalue weighted by atomic mass is 9.93. The number of fused-ring (bicyclic) bond motifs is 1. The number of hydrogen-bond donors (Lipinski definition) is 2. The van der Waals surface area contributed by atoms with Gasteiger partial charge in [0.15, 0.2) is 5.82 Å². The summed E-state index contributed by atoms with van der Waals surface area (Å²) in [6.07, 6.45) is 7.52. The number of anilines is 1. The monoisotopic (exact) mass is 511 g/mol. The van der Waals surface area contributed by atoms with E-state index in [2.05, 4.69) is 42.2 Å². The fourth-order valence-electron chi connectivity index (χ4n) is 4.20. The molecule has 0 atom stereocenters. The molecule has 38 heavy (non-hydrogen) atoms. The van der Waals surface area contributed by atoms with Gasteiger partial charge in [-0.2, -0.15) is 9.78 Å². The van der Waals surface area contributed by atoms with Gasteiger partial charge in [0.2, 0.25) is 5.95 Å². The van der Waals surface area contributed by atoms with E-state index in [4.69, 9.17) is 4.74 Å². The van der Waals surface area contributed by atoms with Crippen molar-refractivity contribution in [3.05, 3.63) is 60.2 Å². The van der Waals surface area contributed by atoms with Crippen LogP contribution >= 0.6 is 0 Å². The van der Waals surface area contributed by atoms with Crippen molar-refractivity contribution < 1.29 is 14.6 Å². The van der Waals surface area contributed by atoms with Crippen LogP contribution in [0.15, 0.2) is 48.9 Å². The van der Waals surface area contributed by atoms with Crippen LogP contribution in [-0.4, -0.2) is 58.7 Å². The molecular formula is C28H29N7O3. The molecule has 10 heteroatoms. The van der Waals surface area contributed by atoms with Gasteiger partial charge in [-0.15, -0.1) is 0 Å². The molecule has 2 N–H and O–H groups in total. The predicted molar refractivity (Wildman–Crippen MR) is 142 cm³/mol. The van der Waals surface area contributed by atoms with E-state index < -0.39 is 11.7 Å². The lowest BCUT2D eigenvalue weighted by Gasteiger charge is -2.26. The zero-order valence-electron chi connectivity index (χ0n) is 21.5. The first-order valence-corrected chi connectivity index (χ1v) is 12.6. The van der Waals surface area contributed by atoms with Crippen molar-refractivity contribution >= 4 is 22.9 Å². The summed E-state index contributed by atoms with van der Waals surface area (Å²) in [6.45, 7) is 5.44. The maximum Gasteiger partial charge on any atom is 0.435 e. The number of nitrogens with one attached hydrogen (secondary N) is 1. The highest BCUT2D eigenvalue weighted by Gasteiger charge is 2.21. The molecule has 0 aliphatic heterocycles. The smallest absolute Gasteiger partial charge is 0.435 e. The Hall–Kier alpha value is -4.36. The van der Waals surface area contributed by atoms with E-state index in [-0.39, 0.29) is 12.1 Å². The molecule has 10 nitrogen and oxygen atoms in total. The van der Waals surface area contributed by atoms with Crippen molar-refractivity contribution in [3.8, 4) is 23.4 Å². The fourth-order valence-corrected chi connectivity index (χ4v) is 4.20. The van der Waals surface area contributed by atoms with Crippen molar-refractivity contribution in [1.29, 1.82) is 0 Å². The van der Waals surface area contributed by atoms with Crippen molar-refractivity contribution in [2.75, 3.05) is 5.32 Å². The minimum absolute atomic E-state index is 0.214. The van der Waals surface area contributed by atoms with Gasteiger partial charge in [-0.1, -0.05) is 5.92 Å². The molecule has 0 bridgehead atoms. The van der Waals surface area contributed by atoms with Crippen molar-refractivity contribution in [3.63, 3.8) is 0 Å². The van der Waals surface area contributed by atoms with Gasteiger partial charge in [-0.25, -0.2) is 24.7 Å². The Labute approximate surface area is 220 Å². The summed E-state index contributed by atoms with van der Waals surface area (Å²) in [4.78, 5) is 30.3. The second-order valence-corrected chi connectivity index (χ2v) is 10.2. The molecule has 3 aromatic heterocycles. The van der Waals surface area contributed by atoms with E-state index in [0.29, 0.717) is 28.7 Å². The Balaban J connectivity index is 1.32. The predicted octanol–water partition coefficient (Wildman–Crippen LogP) is 4.18. The fraction of sp³-hybridized carbons (Fsp3) is 0.357. The molecule has 0 spiro atoms. The third kappa shape index (κ3) is 6.12. The second kappa shape index (κ2) is 10.6. The average molecular weight is 512 g/mol. The molecule has 1 aliphatic carbocycles. The number of carbonyl (C=O) groups is 1. The van der Waals surface area contributed by atoms with E-state index in [1.54, 1.807) is 36.8 Å². The molecule has 1 saturated carbocycles. The Morgan fingerprint density at radius 2 is 1.84 bits per heavy atom. The quantitative estimate of drug-likeness (QED) is 0.389. The zero-order valence-corrected chi connectivity index (χ0v) is 21.5. The lowest BCUT2D eigenvalue weighted by molar-refractivity contribution is 0.0522. The summed E-state index contributed by atoms with van der Waals surface area (Å²) in [5, 5.41) is 18.0. The Bertz CT molecular complexity index is 1520. The number of carbonyl (C=O) groups excluding carboxylic acids is 1. The van der Waals surface area contributed by atoms with Crippen molar-refractivity contribution in [2.24, 2.45) is 0 Å². The number of aliphatic hydroxyl groups is 1. The van der Waals surface area contributed by atoms with Gasteiger partial charge in [0.25, 0.3) is 0 Å². The highest BCUT2D eigenvalue weighted by molar-refractivity contribution is 5.88. The van der Waals surface area contributed by atoms with Gasteiger partial charge in [0.05, 0.1) is 17.8 Å². The zero-order chi connectivity index (χ0) is 26.7. The van der Waals surface area contributed by atoms with Crippen LogP contribution in [0.5, 0.6) is 0 Å². The van der Waals surface area contributed by atoms with Crippen LogP contribution in [0, 0.1) is 11.8 Å². The number of nitrogens with zero attached hydrogens (tertiary/aromatic N) is 6. The highest BCUT2D eigenvalue weighted by Crippen LogP contribution is 2.22. The molecule has 194 valence electrons. The minimum atomic E-state index is -0.610. The molecule has 0 saturated heterocycles. The van der Waals surface area contributed by atoms with E-state index >= 15 is 0 Å². The highest BCUT2D eigenvalue weighted by atomic mass is 16.6. The minimum Gasteiger partial charge on any atom is -0.442 e. The molecule has 3 heterocycles. The third-order valence-electron chi connectivity index (χ3n) is 6.04. The van der Waals surface area contributed by atoms with Crippen LogP contribution in [0.4, 0.5) is 10.7 Å². The normalized spacial score (nSPS) is 17.5. The van der Waals surface area contributed by atoms with Gasteiger partial charge >= 0.3 is 6.09 Å². The maximum absolute atomic E-state index is 12.4. The number of rotatable bonds is 3. The van der Waals surface area contributed by atoms with Crippen LogP contribution in [0.2, 0.25) is 0 Å². The topological polar surface area (TPSA) is 128 Å². The summed E-state index contributed by atoms with van der Waals surface area (Å²) in [6, 6.07) is 9.23. The summed E-state index contributed by atoms with van der Waals surface area (Å²) < 4.78 is 6.67. The first kappa shape index (κ1) is 25.3. The lowest BCUT2D eigenvalue weighted by Crippen LogP contribution is -2.28. The van der Waals surface area contributed by atoms with Crippen LogP contribution in [-0.2, 0) is 4.74 Å². The molecule has 4 aromatic rings. The van der Waals surface area contributed by atoms with Gasteiger partial charge in [-0.05, 0) is 82.7 Å². The van der Waals surface area contributed by atoms with Gasteiger partial charge in [-0.3, -0.25) is 0 Å². The van der Waals surface area contributed by atoms with Crippen LogP contribution in [0.25, 0.3) is 22.4 Å². The van der Waals surface area contributed by atoms with Gasteiger partial charge in [0, 0.05) is 29.4 Å². The molecule has 1 fully saturated rings. The SMILES string of the molecule is CC(C)(C)OC(=O)n1ncc2cc(C#Cc3ccnc(-c4ccnc(N[C@H]5CC[C@@H](O)CC5)n4)n3)ccc21. The number of ether oxygens (including phenoxy) is 1. The number of aromatic nitrogens is 6. The Morgan fingerprint density at radius 1 is 1.05 bits per heavy atom. The summed E-state index contributed by atoms with van der Waals surface area (Å²) >= 11 is 0. The van der Waals surface area contributed by atoms with Crippen molar-refractivity contribution in [1.82, 2.24) is 29.7 Å². The van der Waals surface area contributed by atoms with E-state index in [1.165, 1.54) is 4.68 Å². The summed E-state index contributed by atoms with van der Waals surface area (Å²) in [5.41, 5.74) is 1.94.